The van der Waals surface area contributed by atoms with Gasteiger partial charge in [0.2, 0.25) is 5.91 Å². The number of amides is 1. The SMILES string of the molecule is CC(CNC(=O)CC1COCCN1)Oc1ccc(F)cc1. The maximum atomic E-state index is 12.8. The van der Waals surface area contributed by atoms with Gasteiger partial charge in [0.1, 0.15) is 17.7 Å². The summed E-state index contributed by atoms with van der Waals surface area (Å²) in [7, 11) is 0. The fourth-order valence-electron chi connectivity index (χ4n) is 2.09. The summed E-state index contributed by atoms with van der Waals surface area (Å²) in [4.78, 5) is 11.8. The first-order chi connectivity index (χ1) is 10.1. The maximum Gasteiger partial charge on any atom is 0.221 e. The van der Waals surface area contributed by atoms with Crippen LogP contribution < -0.4 is 15.4 Å². The van der Waals surface area contributed by atoms with E-state index in [0.29, 0.717) is 31.9 Å². The minimum absolute atomic E-state index is 0.0347. The van der Waals surface area contributed by atoms with Crippen LogP contribution in [0.15, 0.2) is 24.3 Å². The third-order valence-electron chi connectivity index (χ3n) is 3.17. The van der Waals surface area contributed by atoms with Crippen molar-refractivity contribution < 1.29 is 18.7 Å². The molecule has 2 rings (SSSR count). The van der Waals surface area contributed by atoms with Crippen molar-refractivity contribution in [3.8, 4) is 5.75 Å². The summed E-state index contributed by atoms with van der Waals surface area (Å²) in [6.07, 6.45) is 0.207. The fourth-order valence-corrected chi connectivity index (χ4v) is 2.09. The van der Waals surface area contributed by atoms with E-state index >= 15 is 0 Å². The number of hydrogen-bond acceptors (Lipinski definition) is 4. The third kappa shape index (κ3) is 5.69. The smallest absolute Gasteiger partial charge is 0.221 e. The average molecular weight is 296 g/mol. The number of hydrogen-bond donors (Lipinski definition) is 2. The van der Waals surface area contributed by atoms with Crippen molar-refractivity contribution in [2.24, 2.45) is 0 Å². The molecule has 0 spiro atoms. The molecular weight excluding hydrogens is 275 g/mol. The summed E-state index contributed by atoms with van der Waals surface area (Å²) in [5.74, 6) is 0.249. The number of nitrogens with one attached hydrogen (secondary N) is 2. The second kappa shape index (κ2) is 7.95. The van der Waals surface area contributed by atoms with Crippen molar-refractivity contribution in [1.29, 1.82) is 0 Å². The van der Waals surface area contributed by atoms with E-state index in [4.69, 9.17) is 9.47 Å². The highest BCUT2D eigenvalue weighted by Gasteiger charge is 2.17. The van der Waals surface area contributed by atoms with E-state index in [1.54, 1.807) is 12.1 Å². The molecule has 116 valence electrons. The molecule has 0 saturated carbocycles. The predicted octanol–water partition coefficient (Wildman–Crippen LogP) is 1.09. The molecule has 0 bridgehead atoms. The van der Waals surface area contributed by atoms with E-state index in [9.17, 15) is 9.18 Å². The maximum absolute atomic E-state index is 12.8. The summed E-state index contributed by atoms with van der Waals surface area (Å²) < 4.78 is 23.7. The standard InChI is InChI=1S/C15H21FN2O3/c1-11(21-14-4-2-12(16)3-5-14)9-18-15(19)8-13-10-20-7-6-17-13/h2-5,11,13,17H,6-10H2,1H3,(H,18,19). The molecule has 2 atom stereocenters. The second-order valence-electron chi connectivity index (χ2n) is 5.12. The van der Waals surface area contributed by atoms with Crippen LogP contribution in [-0.2, 0) is 9.53 Å². The Bertz CT molecular complexity index is 447. The molecule has 1 heterocycles. The molecule has 1 amide bonds. The highest BCUT2D eigenvalue weighted by atomic mass is 19.1. The summed E-state index contributed by atoms with van der Waals surface area (Å²) in [6.45, 7) is 4.30. The van der Waals surface area contributed by atoms with Gasteiger partial charge in [0.05, 0.1) is 19.8 Å². The fraction of sp³-hybridized carbons (Fsp3) is 0.533. The van der Waals surface area contributed by atoms with Crippen molar-refractivity contribution in [3.63, 3.8) is 0 Å². The predicted molar refractivity (Wildman–Crippen MR) is 76.7 cm³/mol. The van der Waals surface area contributed by atoms with Crippen LogP contribution in [0.3, 0.4) is 0 Å². The quantitative estimate of drug-likeness (QED) is 0.825. The Morgan fingerprint density at radius 2 is 2.29 bits per heavy atom. The molecule has 21 heavy (non-hydrogen) atoms. The van der Waals surface area contributed by atoms with Crippen molar-refractivity contribution in [3.05, 3.63) is 30.1 Å². The van der Waals surface area contributed by atoms with E-state index in [1.165, 1.54) is 12.1 Å². The van der Waals surface area contributed by atoms with Gasteiger partial charge in [-0.25, -0.2) is 4.39 Å². The van der Waals surface area contributed by atoms with Crippen molar-refractivity contribution in [2.45, 2.75) is 25.5 Å². The van der Waals surface area contributed by atoms with Crippen LogP contribution in [0, 0.1) is 5.82 Å². The topological polar surface area (TPSA) is 59.6 Å². The van der Waals surface area contributed by atoms with Crippen LogP contribution in [-0.4, -0.2) is 44.4 Å². The number of morpholine rings is 1. The van der Waals surface area contributed by atoms with Gasteiger partial charge in [-0.05, 0) is 31.2 Å². The lowest BCUT2D eigenvalue weighted by atomic mass is 10.2. The van der Waals surface area contributed by atoms with Crippen molar-refractivity contribution >= 4 is 5.91 Å². The van der Waals surface area contributed by atoms with Gasteiger partial charge in [-0.2, -0.15) is 0 Å². The molecule has 5 nitrogen and oxygen atoms in total. The van der Waals surface area contributed by atoms with Gasteiger partial charge in [0.15, 0.2) is 0 Å². The van der Waals surface area contributed by atoms with Crippen LogP contribution in [0.25, 0.3) is 0 Å². The second-order valence-corrected chi connectivity index (χ2v) is 5.12. The van der Waals surface area contributed by atoms with Gasteiger partial charge in [-0.1, -0.05) is 0 Å². The highest BCUT2D eigenvalue weighted by molar-refractivity contribution is 5.76. The number of carbonyl (C=O) groups is 1. The molecule has 2 unspecified atom stereocenters. The van der Waals surface area contributed by atoms with Crippen molar-refractivity contribution in [2.75, 3.05) is 26.3 Å². The summed E-state index contributed by atoms with van der Waals surface area (Å²) in [5.41, 5.74) is 0. The molecule has 1 aromatic rings. The monoisotopic (exact) mass is 296 g/mol. The molecule has 6 heteroatoms. The van der Waals surface area contributed by atoms with Gasteiger partial charge >= 0.3 is 0 Å². The summed E-state index contributed by atoms with van der Waals surface area (Å²) in [6, 6.07) is 5.89. The van der Waals surface area contributed by atoms with Crippen LogP contribution in [0.4, 0.5) is 4.39 Å². The molecule has 0 aliphatic carbocycles. The van der Waals surface area contributed by atoms with Crippen molar-refractivity contribution in [1.82, 2.24) is 10.6 Å². The van der Waals surface area contributed by atoms with Crippen LogP contribution in [0.2, 0.25) is 0 Å². The van der Waals surface area contributed by atoms with E-state index in [1.807, 2.05) is 6.92 Å². The molecule has 1 saturated heterocycles. The van der Waals surface area contributed by atoms with E-state index in [0.717, 1.165) is 6.54 Å². The first-order valence-corrected chi connectivity index (χ1v) is 7.13. The number of benzene rings is 1. The van der Waals surface area contributed by atoms with Crippen LogP contribution in [0.1, 0.15) is 13.3 Å². The Morgan fingerprint density at radius 1 is 1.52 bits per heavy atom. The zero-order valence-electron chi connectivity index (χ0n) is 12.1. The van der Waals surface area contributed by atoms with Gasteiger partial charge in [-0.15, -0.1) is 0 Å². The largest absolute Gasteiger partial charge is 0.489 e. The lowest BCUT2D eigenvalue weighted by Gasteiger charge is -2.23. The number of carbonyl (C=O) groups excluding carboxylic acids is 1. The highest BCUT2D eigenvalue weighted by Crippen LogP contribution is 2.12. The molecule has 2 N–H and O–H groups in total. The number of rotatable bonds is 6. The Morgan fingerprint density at radius 3 is 2.95 bits per heavy atom. The molecule has 1 aliphatic heterocycles. The van der Waals surface area contributed by atoms with Gasteiger partial charge in [0.25, 0.3) is 0 Å². The summed E-state index contributed by atoms with van der Waals surface area (Å²) in [5, 5.41) is 6.06. The lowest BCUT2D eigenvalue weighted by Crippen LogP contribution is -2.45. The molecule has 0 aromatic heterocycles. The summed E-state index contributed by atoms with van der Waals surface area (Å²) >= 11 is 0. The molecule has 1 fully saturated rings. The Kier molecular flexibility index (Phi) is 5.95. The average Bonchev–Trinajstić information content (AvgIpc) is 2.49. The Labute approximate surface area is 123 Å². The zero-order chi connectivity index (χ0) is 15.1. The van der Waals surface area contributed by atoms with Gasteiger partial charge in [-0.3, -0.25) is 4.79 Å². The molecule has 1 aliphatic rings. The first kappa shape index (κ1) is 15.7. The lowest BCUT2D eigenvalue weighted by molar-refractivity contribution is -0.122. The molecule has 1 aromatic carbocycles. The normalized spacial score (nSPS) is 19.8. The molecular formula is C15H21FN2O3. The van der Waals surface area contributed by atoms with E-state index in [-0.39, 0.29) is 23.9 Å². The Balaban J connectivity index is 1.66. The number of ether oxygens (including phenoxy) is 2. The minimum Gasteiger partial charge on any atom is -0.489 e. The Hall–Kier alpha value is -1.66. The van der Waals surface area contributed by atoms with Crippen LogP contribution >= 0.6 is 0 Å². The third-order valence-corrected chi connectivity index (χ3v) is 3.17. The van der Waals surface area contributed by atoms with E-state index in [2.05, 4.69) is 10.6 Å². The van der Waals surface area contributed by atoms with Crippen LogP contribution in [0.5, 0.6) is 5.75 Å². The minimum atomic E-state index is -0.300. The zero-order valence-corrected chi connectivity index (χ0v) is 12.1. The number of halogens is 1. The van der Waals surface area contributed by atoms with Gasteiger partial charge < -0.3 is 20.1 Å². The first-order valence-electron chi connectivity index (χ1n) is 7.13. The van der Waals surface area contributed by atoms with E-state index < -0.39 is 0 Å². The molecule has 0 radical (unpaired) electrons. The van der Waals surface area contributed by atoms with Gasteiger partial charge in [0, 0.05) is 19.0 Å².